The quantitative estimate of drug-likeness (QED) is 0.266. The van der Waals surface area contributed by atoms with E-state index in [-0.39, 0.29) is 49.5 Å². The second-order valence-corrected chi connectivity index (χ2v) is 12.8. The molecule has 2 unspecified atom stereocenters. The van der Waals surface area contributed by atoms with Crippen molar-refractivity contribution in [3.05, 3.63) is 28.3 Å². The van der Waals surface area contributed by atoms with Gasteiger partial charge in [-0.2, -0.15) is 0 Å². The van der Waals surface area contributed by atoms with Crippen molar-refractivity contribution in [1.29, 1.82) is 0 Å². The average Bonchev–Trinajstić information content (AvgIpc) is 2.79. The minimum absolute atomic E-state index is 0.0373. The smallest absolute Gasteiger partial charge is 0.235 e. The van der Waals surface area contributed by atoms with Crippen LogP contribution in [-0.2, 0) is 42.0 Å². The monoisotopic (exact) mass is 548 g/mol. The van der Waals surface area contributed by atoms with Crippen LogP contribution in [0.3, 0.4) is 0 Å². The molecule has 0 aromatic heterocycles. The number of hydrogen-bond donors (Lipinski definition) is 4. The van der Waals surface area contributed by atoms with Gasteiger partial charge in [-0.1, -0.05) is 19.9 Å². The van der Waals surface area contributed by atoms with Crippen molar-refractivity contribution >= 4 is 39.1 Å². The van der Waals surface area contributed by atoms with E-state index in [0.717, 1.165) is 11.8 Å². The second kappa shape index (κ2) is 9.65. The molecular formula is C26H32N2O9S. The van der Waals surface area contributed by atoms with Crippen LogP contribution in [0.5, 0.6) is 5.75 Å². The van der Waals surface area contributed by atoms with Crippen LogP contribution in [-0.4, -0.2) is 66.1 Å². The summed E-state index contributed by atoms with van der Waals surface area (Å²) in [7, 11) is -3.39. The molecular weight excluding hydrogens is 516 g/mol. The molecule has 11 nitrogen and oxygen atoms in total. The summed E-state index contributed by atoms with van der Waals surface area (Å²) >= 11 is 0. The number of hydrogen-bond acceptors (Lipinski definition) is 9. The third-order valence-corrected chi connectivity index (χ3v) is 8.85. The Kier molecular flexibility index (Phi) is 7.13. The second-order valence-electron chi connectivity index (χ2n) is 11.0. The Morgan fingerprint density at radius 3 is 2.42 bits per heavy atom. The fraction of sp³-hybridized carbons (Fsp3) is 0.577. The van der Waals surface area contributed by atoms with Crippen LogP contribution >= 0.6 is 0 Å². The van der Waals surface area contributed by atoms with Gasteiger partial charge in [-0.3, -0.25) is 24.0 Å². The molecule has 3 aliphatic carbocycles. The summed E-state index contributed by atoms with van der Waals surface area (Å²) in [6, 6.07) is 1.79. The van der Waals surface area contributed by atoms with Crippen LogP contribution in [0.25, 0.3) is 0 Å². The van der Waals surface area contributed by atoms with Gasteiger partial charge >= 0.3 is 0 Å². The molecule has 5 atom stereocenters. The van der Waals surface area contributed by atoms with Gasteiger partial charge in [0.15, 0.2) is 34.7 Å². The predicted molar refractivity (Wildman–Crippen MR) is 134 cm³/mol. The van der Waals surface area contributed by atoms with E-state index in [1.54, 1.807) is 6.07 Å². The third kappa shape index (κ3) is 4.48. The molecule has 1 aromatic rings. The number of phenolic OH excluding ortho intramolecular Hbond substituents is 1. The van der Waals surface area contributed by atoms with Gasteiger partial charge in [0.25, 0.3) is 0 Å². The van der Waals surface area contributed by atoms with Crippen LogP contribution in [0, 0.1) is 23.7 Å². The predicted octanol–water partition coefficient (Wildman–Crippen LogP) is -0.0679. The first kappa shape index (κ1) is 28.1. The fourth-order valence-electron chi connectivity index (χ4n) is 6.36. The van der Waals surface area contributed by atoms with E-state index >= 15 is 0 Å². The van der Waals surface area contributed by atoms with Crippen molar-refractivity contribution in [3.8, 4) is 5.75 Å². The van der Waals surface area contributed by atoms with E-state index in [1.807, 2.05) is 13.8 Å². The molecule has 0 aliphatic heterocycles. The Morgan fingerprint density at radius 1 is 1.18 bits per heavy atom. The van der Waals surface area contributed by atoms with Crippen LogP contribution in [0.4, 0.5) is 0 Å². The number of rotatable bonds is 7. The Labute approximate surface area is 220 Å². The minimum atomic E-state index is -3.39. The number of fused-ring (bicyclic) bond motifs is 3. The van der Waals surface area contributed by atoms with Gasteiger partial charge in [-0.25, -0.2) is 13.1 Å². The first-order valence-corrected chi connectivity index (χ1v) is 14.5. The zero-order chi connectivity index (χ0) is 28.3. The molecule has 3 aliphatic rings. The third-order valence-electron chi connectivity index (χ3n) is 8.12. The first-order chi connectivity index (χ1) is 17.6. The number of aliphatic hydroxyl groups is 1. The number of nitrogens with two attached hydrogens (primary N) is 1. The van der Waals surface area contributed by atoms with Gasteiger partial charge in [0.1, 0.15) is 5.75 Å². The average molecular weight is 549 g/mol. The van der Waals surface area contributed by atoms with Crippen molar-refractivity contribution in [1.82, 2.24) is 4.72 Å². The normalized spacial score (nSPS) is 29.2. The molecule has 5 N–H and O–H groups in total. The lowest BCUT2D eigenvalue weighted by atomic mass is 9.53. The van der Waals surface area contributed by atoms with Gasteiger partial charge in [0.05, 0.1) is 17.7 Å². The number of Topliss-reactive ketones (excluding diaryl/α,β-unsaturated/α-hetero) is 4. The lowest BCUT2D eigenvalue weighted by Crippen LogP contribution is -2.68. The zero-order valence-corrected chi connectivity index (χ0v) is 22.3. The lowest BCUT2D eigenvalue weighted by Gasteiger charge is -2.48. The topological polar surface area (TPSA) is 198 Å². The number of sulfonamides is 1. The number of nitrogens with one attached hydrogen (secondary N) is 1. The SMILES string of the molecule is CC(C)c1cc(CCCNS(C)(=O)=O)c(O)c2c1C[C@H]1C[C@H]3CC(=O)C(C(N)=O)C(=O)[C@@]3(O)C(=O)C1C2=O. The van der Waals surface area contributed by atoms with Crippen molar-refractivity contribution < 1.29 is 42.6 Å². The zero-order valence-electron chi connectivity index (χ0n) is 21.4. The van der Waals surface area contributed by atoms with E-state index in [1.165, 1.54) is 0 Å². The molecule has 12 heteroatoms. The summed E-state index contributed by atoms with van der Waals surface area (Å²) in [6.07, 6.45) is 1.52. The number of phenols is 1. The Balaban J connectivity index is 1.74. The number of primary amides is 1. The Bertz CT molecular complexity index is 1370. The number of carbonyl (C=O) groups excluding carboxylic acids is 5. The van der Waals surface area contributed by atoms with Gasteiger partial charge < -0.3 is 15.9 Å². The number of aryl methyl sites for hydroxylation is 1. The van der Waals surface area contributed by atoms with E-state index < -0.39 is 68.3 Å². The number of carbonyl (C=O) groups is 5. The summed E-state index contributed by atoms with van der Waals surface area (Å²) in [4.78, 5) is 64.8. The van der Waals surface area contributed by atoms with Crippen molar-refractivity contribution in [2.75, 3.05) is 12.8 Å². The van der Waals surface area contributed by atoms with Gasteiger partial charge in [0, 0.05) is 18.9 Å². The van der Waals surface area contributed by atoms with Crippen molar-refractivity contribution in [3.63, 3.8) is 0 Å². The molecule has 4 rings (SSSR count). The van der Waals surface area contributed by atoms with E-state index in [0.29, 0.717) is 17.5 Å². The Hall–Kier alpha value is -2.96. The molecule has 0 bridgehead atoms. The minimum Gasteiger partial charge on any atom is -0.507 e. The molecule has 1 amide bonds. The van der Waals surface area contributed by atoms with E-state index in [9.17, 15) is 42.6 Å². The van der Waals surface area contributed by atoms with Crippen molar-refractivity contribution in [2.24, 2.45) is 29.4 Å². The molecule has 0 heterocycles. The fourth-order valence-corrected chi connectivity index (χ4v) is 6.88. The maximum Gasteiger partial charge on any atom is 0.235 e. The molecule has 0 saturated heterocycles. The first-order valence-electron chi connectivity index (χ1n) is 12.6. The van der Waals surface area contributed by atoms with E-state index in [4.69, 9.17) is 5.73 Å². The highest BCUT2D eigenvalue weighted by atomic mass is 32.2. The summed E-state index contributed by atoms with van der Waals surface area (Å²) in [5, 5.41) is 22.5. The maximum atomic E-state index is 13.8. The Morgan fingerprint density at radius 2 is 1.84 bits per heavy atom. The van der Waals surface area contributed by atoms with Crippen LogP contribution in [0.1, 0.15) is 66.1 Å². The van der Waals surface area contributed by atoms with Crippen molar-refractivity contribution in [2.45, 2.75) is 57.5 Å². The molecule has 206 valence electrons. The highest BCUT2D eigenvalue weighted by Crippen LogP contribution is 2.51. The van der Waals surface area contributed by atoms with E-state index in [2.05, 4.69) is 4.72 Å². The summed E-state index contributed by atoms with van der Waals surface area (Å²) in [5.41, 5.74) is 4.29. The molecule has 1 aromatic carbocycles. The molecule has 2 fully saturated rings. The molecule has 2 saturated carbocycles. The molecule has 38 heavy (non-hydrogen) atoms. The van der Waals surface area contributed by atoms with Crippen LogP contribution in [0.2, 0.25) is 0 Å². The lowest BCUT2D eigenvalue weighted by molar-refractivity contribution is -0.175. The summed E-state index contributed by atoms with van der Waals surface area (Å²) in [5.74, 6) is -10.5. The number of ketones is 4. The number of amides is 1. The molecule has 0 spiro atoms. The summed E-state index contributed by atoms with van der Waals surface area (Å²) in [6.45, 7) is 3.97. The van der Waals surface area contributed by atoms with Gasteiger partial charge in [-0.15, -0.1) is 0 Å². The summed E-state index contributed by atoms with van der Waals surface area (Å²) < 4.78 is 25.1. The highest BCUT2D eigenvalue weighted by molar-refractivity contribution is 7.88. The van der Waals surface area contributed by atoms with Crippen LogP contribution in [0.15, 0.2) is 6.07 Å². The largest absolute Gasteiger partial charge is 0.507 e. The van der Waals surface area contributed by atoms with Gasteiger partial charge in [0.2, 0.25) is 15.9 Å². The maximum absolute atomic E-state index is 13.8. The van der Waals surface area contributed by atoms with Crippen LogP contribution < -0.4 is 10.5 Å². The highest BCUT2D eigenvalue weighted by Gasteiger charge is 2.66. The van der Waals surface area contributed by atoms with Gasteiger partial charge in [-0.05, 0) is 54.2 Å². The molecule has 0 radical (unpaired) electrons. The standard InChI is InChI=1S/C26H32N2O9S/c1-11(2)15-8-12(5-4-6-28-38(3,36)37)21(30)19-16(15)9-13-7-14-10-17(29)20(25(27)34)24(33)26(14,35)23(32)18(13)22(19)31/h8,11,13-14,18,20,28,30,35H,4-7,9-10H2,1-3H3,(H2,27,34)/t13-,14+,18?,20?,26+/m1/s1. The number of aromatic hydroxyl groups is 1. The number of benzene rings is 1.